The van der Waals surface area contributed by atoms with Crippen LogP contribution in [0.5, 0.6) is 0 Å². The van der Waals surface area contributed by atoms with Gasteiger partial charge in [0.05, 0.1) is 5.92 Å². The molecule has 1 aliphatic heterocycles. The van der Waals surface area contributed by atoms with E-state index >= 15 is 0 Å². The molecule has 1 saturated heterocycles. The molecule has 3 N–H and O–H groups in total. The molecule has 0 radical (unpaired) electrons. The van der Waals surface area contributed by atoms with Crippen LogP contribution in [0.1, 0.15) is 24.4 Å². The van der Waals surface area contributed by atoms with Crippen LogP contribution in [0.25, 0.3) is 0 Å². The number of piperidine rings is 1. The molecule has 1 fully saturated rings. The molecule has 0 spiro atoms. The van der Waals surface area contributed by atoms with Gasteiger partial charge in [-0.05, 0) is 43.1 Å². The van der Waals surface area contributed by atoms with Gasteiger partial charge in [-0.25, -0.2) is 0 Å². The minimum absolute atomic E-state index is 0.204. The SMILES string of the molecule is NC(=O)[C@H]1CCCN([C@H](C(=O)Nc2cc(Cl)cc(Cl)c2)c2ccccc2)C1. The van der Waals surface area contributed by atoms with E-state index in [0.717, 1.165) is 18.4 Å². The van der Waals surface area contributed by atoms with Crippen LogP contribution in [0, 0.1) is 5.92 Å². The van der Waals surface area contributed by atoms with Crippen molar-refractivity contribution in [1.29, 1.82) is 0 Å². The lowest BCUT2D eigenvalue weighted by molar-refractivity contribution is -0.127. The fourth-order valence-corrected chi connectivity index (χ4v) is 4.00. The zero-order valence-corrected chi connectivity index (χ0v) is 16.2. The summed E-state index contributed by atoms with van der Waals surface area (Å²) >= 11 is 12.1. The van der Waals surface area contributed by atoms with Gasteiger partial charge in [0.25, 0.3) is 0 Å². The Morgan fingerprint density at radius 1 is 1.11 bits per heavy atom. The first-order valence-corrected chi connectivity index (χ1v) is 9.55. The van der Waals surface area contributed by atoms with Gasteiger partial charge in [0, 0.05) is 22.3 Å². The smallest absolute Gasteiger partial charge is 0.246 e. The third-order valence-electron chi connectivity index (χ3n) is 4.71. The number of hydrogen-bond acceptors (Lipinski definition) is 3. The third kappa shape index (κ3) is 5.01. The van der Waals surface area contributed by atoms with Crippen molar-refractivity contribution >= 4 is 40.7 Å². The Kier molecular flexibility index (Phi) is 6.37. The van der Waals surface area contributed by atoms with Crippen LogP contribution in [0.15, 0.2) is 48.5 Å². The average Bonchev–Trinajstić information content (AvgIpc) is 2.62. The number of primary amides is 1. The zero-order chi connectivity index (χ0) is 19.4. The van der Waals surface area contributed by atoms with Crippen molar-refractivity contribution in [3.05, 3.63) is 64.1 Å². The second-order valence-corrected chi connectivity index (χ2v) is 7.57. The van der Waals surface area contributed by atoms with Gasteiger partial charge in [-0.2, -0.15) is 0 Å². The van der Waals surface area contributed by atoms with E-state index in [4.69, 9.17) is 28.9 Å². The molecule has 7 heteroatoms. The molecule has 1 heterocycles. The Morgan fingerprint density at radius 3 is 2.41 bits per heavy atom. The van der Waals surface area contributed by atoms with Crippen LogP contribution in [0.3, 0.4) is 0 Å². The van der Waals surface area contributed by atoms with Crippen molar-refractivity contribution in [3.63, 3.8) is 0 Å². The maximum atomic E-state index is 13.2. The van der Waals surface area contributed by atoms with E-state index in [9.17, 15) is 9.59 Å². The summed E-state index contributed by atoms with van der Waals surface area (Å²) in [5.74, 6) is -0.781. The normalized spacial score (nSPS) is 18.7. The van der Waals surface area contributed by atoms with Gasteiger partial charge in [0.2, 0.25) is 11.8 Å². The highest BCUT2D eigenvalue weighted by Crippen LogP contribution is 2.29. The van der Waals surface area contributed by atoms with Gasteiger partial charge in [-0.1, -0.05) is 53.5 Å². The van der Waals surface area contributed by atoms with Crippen LogP contribution in [0.2, 0.25) is 10.0 Å². The van der Waals surface area contributed by atoms with Crippen molar-refractivity contribution < 1.29 is 9.59 Å². The lowest BCUT2D eigenvalue weighted by atomic mass is 9.94. The van der Waals surface area contributed by atoms with Crippen LogP contribution >= 0.6 is 23.2 Å². The number of nitrogens with two attached hydrogens (primary N) is 1. The highest BCUT2D eigenvalue weighted by atomic mass is 35.5. The molecule has 2 atom stereocenters. The Hall–Kier alpha value is -2.08. The molecule has 2 amide bonds. The summed E-state index contributed by atoms with van der Waals surface area (Å²) in [4.78, 5) is 26.8. The van der Waals surface area contributed by atoms with E-state index in [1.807, 2.05) is 35.2 Å². The summed E-state index contributed by atoms with van der Waals surface area (Å²) < 4.78 is 0. The molecule has 27 heavy (non-hydrogen) atoms. The van der Waals surface area contributed by atoms with Crippen LogP contribution in [-0.2, 0) is 9.59 Å². The van der Waals surface area contributed by atoms with E-state index in [2.05, 4.69) is 5.32 Å². The molecule has 142 valence electrons. The van der Waals surface area contributed by atoms with E-state index < -0.39 is 6.04 Å². The molecular formula is C20H21Cl2N3O2. The van der Waals surface area contributed by atoms with E-state index in [0.29, 0.717) is 28.8 Å². The van der Waals surface area contributed by atoms with Crippen molar-refractivity contribution in [3.8, 4) is 0 Å². The first-order valence-electron chi connectivity index (χ1n) is 8.79. The van der Waals surface area contributed by atoms with Crippen molar-refractivity contribution in [2.24, 2.45) is 11.7 Å². The second kappa shape index (κ2) is 8.74. The molecule has 0 bridgehead atoms. The minimum atomic E-state index is -0.536. The number of anilines is 1. The predicted octanol–water partition coefficient (Wildman–Crippen LogP) is 3.87. The molecular weight excluding hydrogens is 385 g/mol. The van der Waals surface area contributed by atoms with Crippen molar-refractivity contribution in [1.82, 2.24) is 4.90 Å². The first kappa shape index (κ1) is 19.7. The molecule has 2 aromatic rings. The number of nitrogens with zero attached hydrogens (tertiary/aromatic N) is 1. The number of nitrogens with one attached hydrogen (secondary N) is 1. The van der Waals surface area contributed by atoms with E-state index in [1.165, 1.54) is 0 Å². The summed E-state index contributed by atoms with van der Waals surface area (Å²) in [6.07, 6.45) is 1.56. The number of halogens is 2. The Morgan fingerprint density at radius 2 is 1.78 bits per heavy atom. The highest BCUT2D eigenvalue weighted by molar-refractivity contribution is 6.35. The average molecular weight is 406 g/mol. The maximum absolute atomic E-state index is 13.2. The Balaban J connectivity index is 1.87. The van der Waals surface area contributed by atoms with Crippen molar-refractivity contribution in [2.45, 2.75) is 18.9 Å². The topological polar surface area (TPSA) is 75.4 Å². The summed E-state index contributed by atoms with van der Waals surface area (Å²) in [7, 11) is 0. The molecule has 0 aliphatic carbocycles. The molecule has 1 aliphatic rings. The number of amides is 2. The molecule has 2 aromatic carbocycles. The predicted molar refractivity (Wildman–Crippen MR) is 108 cm³/mol. The largest absolute Gasteiger partial charge is 0.369 e. The summed E-state index contributed by atoms with van der Waals surface area (Å²) in [5, 5.41) is 3.79. The number of likely N-dealkylation sites (tertiary alicyclic amines) is 1. The second-order valence-electron chi connectivity index (χ2n) is 6.70. The number of carbonyl (C=O) groups excluding carboxylic acids is 2. The van der Waals surface area contributed by atoms with E-state index in [1.54, 1.807) is 18.2 Å². The monoisotopic (exact) mass is 405 g/mol. The lowest BCUT2D eigenvalue weighted by Crippen LogP contribution is -2.46. The van der Waals surface area contributed by atoms with Crippen LogP contribution in [-0.4, -0.2) is 29.8 Å². The lowest BCUT2D eigenvalue weighted by Gasteiger charge is -2.36. The van der Waals surface area contributed by atoms with Crippen LogP contribution in [0.4, 0.5) is 5.69 Å². The molecule has 0 unspecified atom stereocenters. The molecule has 0 saturated carbocycles. The third-order valence-corrected chi connectivity index (χ3v) is 5.15. The minimum Gasteiger partial charge on any atom is -0.369 e. The van der Waals surface area contributed by atoms with Gasteiger partial charge in [-0.3, -0.25) is 14.5 Å². The van der Waals surface area contributed by atoms with Gasteiger partial charge >= 0.3 is 0 Å². The summed E-state index contributed by atoms with van der Waals surface area (Å²) in [6, 6.07) is 13.9. The van der Waals surface area contributed by atoms with Gasteiger partial charge in [-0.15, -0.1) is 0 Å². The number of hydrogen-bond donors (Lipinski definition) is 2. The Labute approximate surface area is 168 Å². The maximum Gasteiger partial charge on any atom is 0.246 e. The summed E-state index contributed by atoms with van der Waals surface area (Å²) in [6.45, 7) is 1.17. The standard InChI is InChI=1S/C20H21Cl2N3O2/c21-15-9-16(22)11-17(10-15)24-20(27)18(13-5-2-1-3-6-13)25-8-4-7-14(12-25)19(23)26/h1-3,5-6,9-11,14,18H,4,7-8,12H2,(H2,23,26)(H,24,27)/t14-,18-/m0/s1. The number of carbonyl (C=O) groups is 2. The molecule has 5 nitrogen and oxygen atoms in total. The molecule has 0 aromatic heterocycles. The van der Waals surface area contributed by atoms with E-state index in [-0.39, 0.29) is 17.7 Å². The highest BCUT2D eigenvalue weighted by Gasteiger charge is 2.33. The number of rotatable bonds is 5. The summed E-state index contributed by atoms with van der Waals surface area (Å²) in [5.41, 5.74) is 6.89. The van der Waals surface area contributed by atoms with Crippen LogP contribution < -0.4 is 11.1 Å². The first-order chi connectivity index (χ1) is 12.9. The quantitative estimate of drug-likeness (QED) is 0.792. The van der Waals surface area contributed by atoms with Crippen molar-refractivity contribution in [2.75, 3.05) is 18.4 Å². The molecule has 3 rings (SSSR count). The number of benzene rings is 2. The van der Waals surface area contributed by atoms with Gasteiger partial charge in [0.1, 0.15) is 6.04 Å². The fourth-order valence-electron chi connectivity index (χ4n) is 3.47. The fraction of sp³-hybridized carbons (Fsp3) is 0.300. The Bertz CT molecular complexity index is 809. The zero-order valence-electron chi connectivity index (χ0n) is 14.7. The van der Waals surface area contributed by atoms with Gasteiger partial charge in [0.15, 0.2) is 0 Å². The van der Waals surface area contributed by atoms with Gasteiger partial charge < -0.3 is 11.1 Å².